The van der Waals surface area contributed by atoms with Crippen LogP contribution in [-0.2, 0) is 0 Å². The lowest BCUT2D eigenvalue weighted by atomic mass is 9.90. The Balaban J connectivity index is 0.000000861. The minimum absolute atomic E-state index is 0.0925. The SMILES string of the molecule is C=CC1=C(C=C)[C@H](c2ccc(F)cc2)NCC1.CC. The van der Waals surface area contributed by atoms with Gasteiger partial charge in [-0.05, 0) is 35.3 Å². The molecule has 1 nitrogen and oxygen atoms in total. The van der Waals surface area contributed by atoms with E-state index in [2.05, 4.69) is 18.5 Å². The van der Waals surface area contributed by atoms with Gasteiger partial charge in [-0.1, -0.05) is 51.3 Å². The van der Waals surface area contributed by atoms with Crippen molar-refractivity contribution < 1.29 is 4.39 Å². The van der Waals surface area contributed by atoms with E-state index >= 15 is 0 Å². The molecule has 2 heteroatoms. The summed E-state index contributed by atoms with van der Waals surface area (Å²) in [5.74, 6) is -0.211. The van der Waals surface area contributed by atoms with Crippen LogP contribution in [0.4, 0.5) is 4.39 Å². The number of hydrogen-bond donors (Lipinski definition) is 1. The largest absolute Gasteiger partial charge is 0.306 e. The van der Waals surface area contributed by atoms with Gasteiger partial charge in [-0.15, -0.1) is 0 Å². The van der Waals surface area contributed by atoms with Crippen molar-refractivity contribution in [3.05, 3.63) is 72.1 Å². The predicted octanol–water partition coefficient (Wildman–Crippen LogP) is 4.55. The Morgan fingerprint density at radius 3 is 2.32 bits per heavy atom. The Kier molecular flexibility index (Phi) is 6.23. The number of nitrogens with one attached hydrogen (secondary N) is 1. The number of hydrogen-bond acceptors (Lipinski definition) is 1. The molecule has 0 radical (unpaired) electrons. The molecule has 0 saturated carbocycles. The molecule has 2 rings (SSSR count). The van der Waals surface area contributed by atoms with Crippen LogP contribution in [-0.4, -0.2) is 6.54 Å². The molecule has 1 aliphatic heterocycles. The monoisotopic (exact) mass is 259 g/mol. The summed E-state index contributed by atoms with van der Waals surface area (Å²) in [4.78, 5) is 0. The topological polar surface area (TPSA) is 12.0 Å². The Hall–Kier alpha value is -1.67. The molecule has 0 aromatic heterocycles. The Morgan fingerprint density at radius 1 is 1.16 bits per heavy atom. The van der Waals surface area contributed by atoms with Crippen molar-refractivity contribution in [3.8, 4) is 0 Å². The smallest absolute Gasteiger partial charge is 0.123 e. The molecule has 19 heavy (non-hydrogen) atoms. The normalized spacial score (nSPS) is 18.4. The fraction of sp³-hybridized carbons (Fsp3) is 0.294. The van der Waals surface area contributed by atoms with Gasteiger partial charge in [-0.25, -0.2) is 4.39 Å². The zero-order valence-corrected chi connectivity index (χ0v) is 11.7. The van der Waals surface area contributed by atoms with E-state index in [4.69, 9.17) is 0 Å². The summed E-state index contributed by atoms with van der Waals surface area (Å²) in [5.41, 5.74) is 3.41. The van der Waals surface area contributed by atoms with Crippen molar-refractivity contribution in [1.29, 1.82) is 0 Å². The van der Waals surface area contributed by atoms with Crippen LogP contribution in [0.3, 0.4) is 0 Å². The summed E-state index contributed by atoms with van der Waals surface area (Å²) >= 11 is 0. The van der Waals surface area contributed by atoms with Gasteiger partial charge in [0.05, 0.1) is 6.04 Å². The van der Waals surface area contributed by atoms with E-state index in [-0.39, 0.29) is 11.9 Å². The molecule has 1 atom stereocenters. The highest BCUT2D eigenvalue weighted by atomic mass is 19.1. The molecular weight excluding hydrogens is 237 g/mol. The van der Waals surface area contributed by atoms with Crippen molar-refractivity contribution in [2.45, 2.75) is 26.3 Å². The Bertz CT molecular complexity index is 457. The van der Waals surface area contributed by atoms with E-state index < -0.39 is 0 Å². The maximum Gasteiger partial charge on any atom is 0.123 e. The number of halogens is 1. The average molecular weight is 259 g/mol. The molecule has 1 N–H and O–H groups in total. The minimum Gasteiger partial charge on any atom is -0.306 e. The Labute approximate surface area is 115 Å². The van der Waals surface area contributed by atoms with E-state index in [1.54, 1.807) is 0 Å². The first-order valence-corrected chi connectivity index (χ1v) is 6.73. The molecule has 0 unspecified atom stereocenters. The number of allylic oxidation sites excluding steroid dienone is 1. The summed E-state index contributed by atoms with van der Waals surface area (Å²) in [6, 6.07) is 6.68. The molecule has 0 aliphatic carbocycles. The third kappa shape index (κ3) is 3.65. The number of rotatable bonds is 3. The molecule has 0 amide bonds. The number of benzene rings is 1. The molecule has 1 aliphatic rings. The van der Waals surface area contributed by atoms with E-state index in [0.29, 0.717) is 0 Å². The molecule has 0 bridgehead atoms. The average Bonchev–Trinajstić information content (AvgIpc) is 2.49. The fourth-order valence-electron chi connectivity index (χ4n) is 2.21. The highest BCUT2D eigenvalue weighted by molar-refractivity contribution is 5.42. The molecular formula is C17H22FN. The maximum absolute atomic E-state index is 12.9. The summed E-state index contributed by atoms with van der Waals surface area (Å²) in [6.07, 6.45) is 4.70. The lowest BCUT2D eigenvalue weighted by molar-refractivity contribution is 0.568. The third-order valence-corrected chi connectivity index (χ3v) is 3.09. The zero-order chi connectivity index (χ0) is 14.3. The van der Waals surface area contributed by atoms with Crippen molar-refractivity contribution in [1.82, 2.24) is 5.32 Å². The highest BCUT2D eigenvalue weighted by Gasteiger charge is 2.20. The molecule has 102 valence electrons. The van der Waals surface area contributed by atoms with Gasteiger partial charge >= 0.3 is 0 Å². The maximum atomic E-state index is 12.9. The second kappa shape index (κ2) is 7.70. The molecule has 0 spiro atoms. The van der Waals surface area contributed by atoms with E-state index in [0.717, 1.165) is 24.1 Å². The van der Waals surface area contributed by atoms with Crippen LogP contribution < -0.4 is 5.32 Å². The van der Waals surface area contributed by atoms with Crippen LogP contribution in [0.25, 0.3) is 0 Å². The minimum atomic E-state index is -0.211. The highest BCUT2D eigenvalue weighted by Crippen LogP contribution is 2.30. The van der Waals surface area contributed by atoms with Gasteiger partial charge in [0.15, 0.2) is 0 Å². The third-order valence-electron chi connectivity index (χ3n) is 3.09. The van der Waals surface area contributed by atoms with Crippen LogP contribution in [0.1, 0.15) is 31.9 Å². The second-order valence-electron chi connectivity index (χ2n) is 4.08. The van der Waals surface area contributed by atoms with Gasteiger partial charge in [-0.2, -0.15) is 0 Å². The molecule has 0 fully saturated rings. The van der Waals surface area contributed by atoms with Gasteiger partial charge in [0.1, 0.15) is 5.82 Å². The first-order chi connectivity index (χ1) is 9.26. The van der Waals surface area contributed by atoms with E-state index in [1.165, 1.54) is 17.7 Å². The van der Waals surface area contributed by atoms with Gasteiger partial charge in [0, 0.05) is 6.54 Å². The lowest BCUT2D eigenvalue weighted by Crippen LogP contribution is -2.28. The summed E-state index contributed by atoms with van der Waals surface area (Å²) in [5, 5.41) is 3.42. The van der Waals surface area contributed by atoms with E-state index in [1.807, 2.05) is 38.1 Å². The van der Waals surface area contributed by atoms with Crippen LogP contribution >= 0.6 is 0 Å². The van der Waals surface area contributed by atoms with Crippen LogP contribution in [0.5, 0.6) is 0 Å². The molecule has 1 heterocycles. The van der Waals surface area contributed by atoms with Gasteiger partial charge in [0.2, 0.25) is 0 Å². The van der Waals surface area contributed by atoms with Crippen LogP contribution in [0.15, 0.2) is 60.7 Å². The van der Waals surface area contributed by atoms with Crippen molar-refractivity contribution in [2.75, 3.05) is 6.54 Å². The van der Waals surface area contributed by atoms with Gasteiger partial charge in [-0.3, -0.25) is 0 Å². The van der Waals surface area contributed by atoms with Crippen LogP contribution in [0, 0.1) is 5.82 Å². The van der Waals surface area contributed by atoms with Crippen LogP contribution in [0.2, 0.25) is 0 Å². The first-order valence-electron chi connectivity index (χ1n) is 6.73. The quantitative estimate of drug-likeness (QED) is 0.839. The first kappa shape index (κ1) is 15.4. The van der Waals surface area contributed by atoms with Crippen molar-refractivity contribution >= 4 is 0 Å². The fourth-order valence-corrected chi connectivity index (χ4v) is 2.21. The zero-order valence-electron chi connectivity index (χ0n) is 11.7. The summed E-state index contributed by atoms with van der Waals surface area (Å²) < 4.78 is 12.9. The van der Waals surface area contributed by atoms with Gasteiger partial charge < -0.3 is 5.32 Å². The predicted molar refractivity (Wildman–Crippen MR) is 80.5 cm³/mol. The molecule has 1 aromatic carbocycles. The summed E-state index contributed by atoms with van der Waals surface area (Å²) in [6.45, 7) is 12.6. The van der Waals surface area contributed by atoms with Crippen molar-refractivity contribution in [3.63, 3.8) is 0 Å². The van der Waals surface area contributed by atoms with Crippen molar-refractivity contribution in [2.24, 2.45) is 0 Å². The Morgan fingerprint density at radius 2 is 1.79 bits per heavy atom. The van der Waals surface area contributed by atoms with E-state index in [9.17, 15) is 4.39 Å². The van der Waals surface area contributed by atoms with Gasteiger partial charge in [0.25, 0.3) is 0 Å². The second-order valence-corrected chi connectivity index (χ2v) is 4.08. The lowest BCUT2D eigenvalue weighted by Gasteiger charge is -2.27. The molecule has 1 aromatic rings. The molecule has 0 saturated heterocycles. The summed E-state index contributed by atoms with van der Waals surface area (Å²) in [7, 11) is 0. The standard InChI is InChI=1S/C15H16FN.C2H6/c1-3-11-9-10-17-15(14(11)4-2)12-5-7-13(16)8-6-12;1-2/h3-8,15,17H,1-2,9-10H2;1-2H3/t15-;/m0./s1.